The second kappa shape index (κ2) is 63.6. The van der Waals surface area contributed by atoms with Crippen molar-refractivity contribution in [3.05, 3.63) is 36.5 Å². The van der Waals surface area contributed by atoms with Gasteiger partial charge >= 0.3 is 5.97 Å². The summed E-state index contributed by atoms with van der Waals surface area (Å²) in [5.74, 6) is -0.0511. The molecule has 3 N–H and O–H groups in total. The molecular formula is C68H129NO5. The average Bonchev–Trinajstić information content (AvgIpc) is 3.40. The standard InChI is InChI=1S/C68H129NO5/c1-3-5-7-9-11-13-15-16-17-18-29-33-36-39-42-46-50-54-58-62-68(73)74-63-59-55-51-47-43-40-37-34-31-28-26-24-22-20-19-21-23-25-27-30-32-35-38-41-45-49-53-57-61-67(72)69-65(64-70)66(71)60-56-52-48-44-14-12-10-8-6-4-2/h11,13,16-17,56,60,65-66,70-71H,3-10,12,14-15,18-55,57-59,61-64H2,1-2H3,(H,69,72)/b13-11-,17-16-,60-56+. The van der Waals surface area contributed by atoms with Gasteiger partial charge in [-0.3, -0.25) is 9.59 Å². The maximum absolute atomic E-state index is 12.4. The van der Waals surface area contributed by atoms with E-state index in [0.717, 1.165) is 51.4 Å². The molecule has 436 valence electrons. The van der Waals surface area contributed by atoms with E-state index in [9.17, 15) is 19.8 Å². The fraction of sp³-hybridized carbons (Fsp3) is 0.882. The summed E-state index contributed by atoms with van der Waals surface area (Å²) in [6.45, 7) is 4.88. The number of ether oxygens (including phenoxy) is 1. The highest BCUT2D eigenvalue weighted by Gasteiger charge is 2.18. The molecule has 0 bridgehead atoms. The average molecular weight is 1040 g/mol. The smallest absolute Gasteiger partial charge is 0.305 e. The van der Waals surface area contributed by atoms with Crippen molar-refractivity contribution in [2.24, 2.45) is 0 Å². The molecule has 6 heteroatoms. The highest BCUT2D eigenvalue weighted by Crippen LogP contribution is 2.18. The van der Waals surface area contributed by atoms with Crippen molar-refractivity contribution in [3.63, 3.8) is 0 Å². The zero-order valence-electron chi connectivity index (χ0n) is 49.8. The molecule has 1 amide bonds. The molecule has 0 saturated heterocycles. The number of amides is 1. The summed E-state index contributed by atoms with van der Waals surface area (Å²) < 4.78 is 5.51. The molecule has 6 nitrogen and oxygen atoms in total. The summed E-state index contributed by atoms with van der Waals surface area (Å²) in [6, 6.07) is -0.624. The molecule has 2 atom stereocenters. The number of esters is 1. The number of unbranched alkanes of at least 4 members (excludes halogenated alkanes) is 47. The molecule has 0 rings (SSSR count). The van der Waals surface area contributed by atoms with Gasteiger partial charge in [-0.05, 0) is 64.2 Å². The van der Waals surface area contributed by atoms with E-state index in [1.807, 2.05) is 6.08 Å². The number of aliphatic hydroxyl groups excluding tert-OH is 2. The lowest BCUT2D eigenvalue weighted by atomic mass is 10.0. The van der Waals surface area contributed by atoms with Gasteiger partial charge in [0.25, 0.3) is 0 Å². The van der Waals surface area contributed by atoms with Crippen molar-refractivity contribution in [1.82, 2.24) is 5.32 Å². The number of nitrogens with one attached hydrogen (secondary N) is 1. The summed E-state index contributed by atoms with van der Waals surface area (Å²) in [4.78, 5) is 24.5. The van der Waals surface area contributed by atoms with Crippen LogP contribution in [0.2, 0.25) is 0 Å². The zero-order valence-corrected chi connectivity index (χ0v) is 49.8. The number of hydrogen-bond acceptors (Lipinski definition) is 5. The summed E-state index contributed by atoms with van der Waals surface area (Å²) in [5.41, 5.74) is 0. The van der Waals surface area contributed by atoms with Crippen molar-refractivity contribution in [3.8, 4) is 0 Å². The molecule has 0 radical (unpaired) electrons. The molecule has 0 aliphatic carbocycles. The van der Waals surface area contributed by atoms with E-state index in [1.165, 1.54) is 283 Å². The van der Waals surface area contributed by atoms with Crippen LogP contribution in [0.5, 0.6) is 0 Å². The molecule has 0 aliphatic heterocycles. The van der Waals surface area contributed by atoms with Gasteiger partial charge in [-0.2, -0.15) is 0 Å². The van der Waals surface area contributed by atoms with Gasteiger partial charge in [0.05, 0.1) is 25.4 Å². The first-order chi connectivity index (χ1) is 36.5. The van der Waals surface area contributed by atoms with Gasteiger partial charge in [0.2, 0.25) is 5.91 Å². The Morgan fingerprint density at radius 1 is 0.378 bits per heavy atom. The number of allylic oxidation sites excluding steroid dienone is 5. The van der Waals surface area contributed by atoms with Gasteiger partial charge in [0, 0.05) is 12.8 Å². The van der Waals surface area contributed by atoms with Crippen molar-refractivity contribution in [2.45, 2.75) is 373 Å². The Labute approximate surface area is 462 Å². The molecule has 0 aromatic heterocycles. The second-order valence-corrected chi connectivity index (χ2v) is 22.8. The number of aliphatic hydroxyl groups is 2. The first kappa shape index (κ1) is 72.1. The van der Waals surface area contributed by atoms with Crippen LogP contribution in [0.4, 0.5) is 0 Å². The van der Waals surface area contributed by atoms with Gasteiger partial charge in [-0.15, -0.1) is 0 Å². The Bertz CT molecular complexity index is 1200. The number of rotatable bonds is 62. The van der Waals surface area contributed by atoms with Gasteiger partial charge in [-0.1, -0.05) is 320 Å². The molecule has 0 aliphatic rings. The van der Waals surface area contributed by atoms with Crippen LogP contribution in [-0.4, -0.2) is 47.4 Å². The molecule has 2 unspecified atom stereocenters. The summed E-state index contributed by atoms with van der Waals surface area (Å²) >= 11 is 0. The minimum Gasteiger partial charge on any atom is -0.466 e. The van der Waals surface area contributed by atoms with Crippen LogP contribution >= 0.6 is 0 Å². The van der Waals surface area contributed by atoms with E-state index < -0.39 is 12.1 Å². The summed E-state index contributed by atoms with van der Waals surface area (Å²) in [7, 11) is 0. The van der Waals surface area contributed by atoms with Crippen molar-refractivity contribution >= 4 is 11.9 Å². The number of carbonyl (C=O) groups is 2. The first-order valence-corrected chi connectivity index (χ1v) is 33.3. The molecule has 0 saturated carbocycles. The molecule has 0 aromatic carbocycles. The number of carbonyl (C=O) groups excluding carboxylic acids is 2. The van der Waals surface area contributed by atoms with Crippen molar-refractivity contribution in [2.75, 3.05) is 13.2 Å². The van der Waals surface area contributed by atoms with Crippen LogP contribution in [0.15, 0.2) is 36.5 Å². The molecule has 0 aromatic rings. The fourth-order valence-electron chi connectivity index (χ4n) is 10.3. The highest BCUT2D eigenvalue weighted by atomic mass is 16.5. The fourth-order valence-corrected chi connectivity index (χ4v) is 10.3. The van der Waals surface area contributed by atoms with Crippen LogP contribution in [-0.2, 0) is 14.3 Å². The van der Waals surface area contributed by atoms with Gasteiger partial charge in [-0.25, -0.2) is 0 Å². The predicted octanol–water partition coefficient (Wildman–Crippen LogP) is 21.1. The minimum atomic E-state index is -0.840. The van der Waals surface area contributed by atoms with E-state index in [1.54, 1.807) is 6.08 Å². The third kappa shape index (κ3) is 59.3. The van der Waals surface area contributed by atoms with Crippen LogP contribution < -0.4 is 5.32 Å². The van der Waals surface area contributed by atoms with E-state index in [-0.39, 0.29) is 18.5 Å². The lowest BCUT2D eigenvalue weighted by molar-refractivity contribution is -0.143. The normalized spacial score (nSPS) is 12.8. The topological polar surface area (TPSA) is 95.9 Å². The van der Waals surface area contributed by atoms with Crippen molar-refractivity contribution in [1.29, 1.82) is 0 Å². The van der Waals surface area contributed by atoms with E-state index >= 15 is 0 Å². The zero-order chi connectivity index (χ0) is 53.6. The lowest BCUT2D eigenvalue weighted by Gasteiger charge is -2.20. The third-order valence-electron chi connectivity index (χ3n) is 15.4. The maximum Gasteiger partial charge on any atom is 0.305 e. The first-order valence-electron chi connectivity index (χ1n) is 33.3. The molecular weight excluding hydrogens is 911 g/mol. The summed E-state index contributed by atoms with van der Waals surface area (Å²) in [6.07, 6.45) is 80.8. The van der Waals surface area contributed by atoms with Crippen LogP contribution in [0.25, 0.3) is 0 Å². The largest absolute Gasteiger partial charge is 0.466 e. The maximum atomic E-state index is 12.4. The Kier molecular flexibility index (Phi) is 62.0. The Hall–Kier alpha value is -1.92. The van der Waals surface area contributed by atoms with Crippen LogP contribution in [0.1, 0.15) is 361 Å². The second-order valence-electron chi connectivity index (χ2n) is 22.8. The van der Waals surface area contributed by atoms with Gasteiger partial charge < -0.3 is 20.3 Å². The van der Waals surface area contributed by atoms with Gasteiger partial charge in [0.15, 0.2) is 0 Å². The predicted molar refractivity (Wildman–Crippen MR) is 324 cm³/mol. The molecule has 0 spiro atoms. The molecule has 0 heterocycles. The van der Waals surface area contributed by atoms with Crippen molar-refractivity contribution < 1.29 is 24.5 Å². The molecule has 74 heavy (non-hydrogen) atoms. The van der Waals surface area contributed by atoms with Gasteiger partial charge in [0.1, 0.15) is 0 Å². The van der Waals surface area contributed by atoms with E-state index in [0.29, 0.717) is 19.4 Å². The molecule has 0 fully saturated rings. The Morgan fingerprint density at radius 3 is 1.05 bits per heavy atom. The van der Waals surface area contributed by atoms with E-state index in [2.05, 4.69) is 43.5 Å². The Morgan fingerprint density at radius 2 is 0.676 bits per heavy atom. The lowest BCUT2D eigenvalue weighted by Crippen LogP contribution is -2.45. The summed E-state index contributed by atoms with van der Waals surface area (Å²) in [5, 5.41) is 23.0. The highest BCUT2D eigenvalue weighted by molar-refractivity contribution is 5.76. The van der Waals surface area contributed by atoms with Crippen LogP contribution in [0, 0.1) is 0 Å². The minimum absolute atomic E-state index is 0.0147. The van der Waals surface area contributed by atoms with E-state index in [4.69, 9.17) is 4.74 Å². The SMILES string of the molecule is CCCCC/C=C\C/C=C\CCCCCCCCCCCC(=O)OCCCCCCCCCCCCCCCCCCCCCCCCCCCCCCC(=O)NC(CO)C(O)/C=C/CCCCCCCCCC. The third-order valence-corrected chi connectivity index (χ3v) is 15.4. The van der Waals surface area contributed by atoms with Crippen LogP contribution in [0.3, 0.4) is 0 Å². The monoisotopic (exact) mass is 1040 g/mol. The quantitative estimate of drug-likeness (QED) is 0.0320. The Balaban J connectivity index is 3.32. The number of hydrogen-bond donors (Lipinski definition) is 3.